The van der Waals surface area contributed by atoms with Crippen LogP contribution in [0, 0.1) is 6.92 Å². The van der Waals surface area contributed by atoms with E-state index in [4.69, 9.17) is 0 Å². The first-order valence-corrected chi connectivity index (χ1v) is 7.99. The van der Waals surface area contributed by atoms with Gasteiger partial charge in [-0.25, -0.2) is 0 Å². The predicted molar refractivity (Wildman–Crippen MR) is 86.0 cm³/mol. The summed E-state index contributed by atoms with van der Waals surface area (Å²) < 4.78 is 1.01. The van der Waals surface area contributed by atoms with Gasteiger partial charge in [-0.1, -0.05) is 64.8 Å². The van der Waals surface area contributed by atoms with Crippen LogP contribution in [-0.2, 0) is 0 Å². The Morgan fingerprint density at radius 2 is 1.75 bits per heavy atom. The molecule has 2 aromatic rings. The van der Waals surface area contributed by atoms with Gasteiger partial charge in [0.2, 0.25) is 0 Å². The Labute approximate surface area is 128 Å². The van der Waals surface area contributed by atoms with Gasteiger partial charge >= 0.3 is 0 Å². The zero-order valence-corrected chi connectivity index (χ0v) is 13.2. The van der Waals surface area contributed by atoms with Gasteiger partial charge in [-0.3, -0.25) is 0 Å². The first kappa shape index (κ1) is 13.8. The standard InChI is InChI=1S/C18H19BrO/c1-12-6-4-11-16(17(12)19)18(20)15-10-3-2-9-14(15)13-7-5-8-13/h2-4,6,9-11,13,18,20H,5,7-8H2,1H3. The highest BCUT2D eigenvalue weighted by Crippen LogP contribution is 2.41. The van der Waals surface area contributed by atoms with Gasteiger partial charge < -0.3 is 5.11 Å². The van der Waals surface area contributed by atoms with E-state index in [1.807, 2.05) is 18.2 Å². The Bertz CT molecular complexity index is 617. The highest BCUT2D eigenvalue weighted by Gasteiger charge is 2.25. The zero-order valence-electron chi connectivity index (χ0n) is 11.6. The van der Waals surface area contributed by atoms with Gasteiger partial charge in [0.25, 0.3) is 0 Å². The Morgan fingerprint density at radius 1 is 1.05 bits per heavy atom. The van der Waals surface area contributed by atoms with Crippen molar-refractivity contribution in [3.8, 4) is 0 Å². The molecule has 3 rings (SSSR count). The van der Waals surface area contributed by atoms with Crippen LogP contribution < -0.4 is 0 Å². The molecular weight excluding hydrogens is 312 g/mol. The summed E-state index contributed by atoms with van der Waals surface area (Å²) >= 11 is 3.61. The van der Waals surface area contributed by atoms with E-state index in [2.05, 4.69) is 47.1 Å². The molecule has 0 aromatic heterocycles. The molecule has 1 aliphatic carbocycles. The normalized spacial score (nSPS) is 16.8. The smallest absolute Gasteiger partial charge is 0.105 e. The molecule has 0 bridgehead atoms. The molecule has 0 amide bonds. The van der Waals surface area contributed by atoms with Crippen LogP contribution in [0.5, 0.6) is 0 Å². The van der Waals surface area contributed by atoms with Crippen molar-refractivity contribution < 1.29 is 5.11 Å². The summed E-state index contributed by atoms with van der Waals surface area (Å²) in [5.74, 6) is 0.629. The maximum atomic E-state index is 10.8. The van der Waals surface area contributed by atoms with Crippen molar-refractivity contribution in [2.45, 2.75) is 38.2 Å². The molecule has 20 heavy (non-hydrogen) atoms. The second kappa shape index (κ2) is 5.71. The summed E-state index contributed by atoms with van der Waals surface area (Å²) in [6, 6.07) is 14.4. The number of rotatable bonds is 3. The predicted octanol–water partition coefficient (Wildman–Crippen LogP) is 5.11. The Hall–Kier alpha value is -1.12. The third-order valence-corrected chi connectivity index (χ3v) is 5.44. The van der Waals surface area contributed by atoms with Crippen molar-refractivity contribution in [1.82, 2.24) is 0 Å². The summed E-state index contributed by atoms with van der Waals surface area (Å²) in [5.41, 5.74) is 4.49. The number of aliphatic hydroxyl groups is 1. The quantitative estimate of drug-likeness (QED) is 0.829. The molecule has 2 heteroatoms. The van der Waals surface area contributed by atoms with Crippen LogP contribution >= 0.6 is 15.9 Å². The van der Waals surface area contributed by atoms with E-state index in [1.165, 1.54) is 24.8 Å². The molecule has 2 aromatic carbocycles. The maximum absolute atomic E-state index is 10.8. The van der Waals surface area contributed by atoms with Crippen molar-refractivity contribution in [3.05, 3.63) is 69.2 Å². The third kappa shape index (κ3) is 2.43. The zero-order chi connectivity index (χ0) is 14.1. The fourth-order valence-electron chi connectivity index (χ4n) is 2.90. The van der Waals surface area contributed by atoms with Crippen LogP contribution in [0.15, 0.2) is 46.9 Å². The maximum Gasteiger partial charge on any atom is 0.105 e. The molecule has 1 atom stereocenters. The molecule has 1 aliphatic rings. The summed E-state index contributed by atoms with van der Waals surface area (Å²) in [5, 5.41) is 10.8. The molecule has 1 nitrogen and oxygen atoms in total. The lowest BCUT2D eigenvalue weighted by Gasteiger charge is -2.29. The van der Waals surface area contributed by atoms with Crippen LogP contribution in [0.2, 0.25) is 0 Å². The van der Waals surface area contributed by atoms with Gasteiger partial charge in [-0.05, 0) is 47.9 Å². The van der Waals surface area contributed by atoms with E-state index < -0.39 is 6.10 Å². The Balaban J connectivity index is 2.02. The number of aryl methyl sites for hydroxylation is 1. The summed E-state index contributed by atoms with van der Waals surface area (Å²) in [4.78, 5) is 0. The number of benzene rings is 2. The second-order valence-corrected chi connectivity index (χ2v) is 6.43. The molecule has 0 heterocycles. The van der Waals surface area contributed by atoms with Gasteiger partial charge in [0, 0.05) is 4.47 Å². The SMILES string of the molecule is Cc1cccc(C(O)c2ccccc2C2CCC2)c1Br. The monoisotopic (exact) mass is 330 g/mol. The summed E-state index contributed by atoms with van der Waals surface area (Å²) in [6.07, 6.45) is 3.25. The summed E-state index contributed by atoms with van der Waals surface area (Å²) in [7, 11) is 0. The number of halogens is 1. The fourth-order valence-corrected chi connectivity index (χ4v) is 3.38. The number of hydrogen-bond acceptors (Lipinski definition) is 1. The van der Waals surface area contributed by atoms with Crippen LogP contribution in [0.4, 0.5) is 0 Å². The molecule has 0 radical (unpaired) electrons. The molecular formula is C18H19BrO. The van der Waals surface area contributed by atoms with Crippen molar-refractivity contribution in [2.75, 3.05) is 0 Å². The molecule has 1 N–H and O–H groups in total. The number of hydrogen-bond donors (Lipinski definition) is 1. The van der Waals surface area contributed by atoms with Crippen LogP contribution in [0.1, 0.15) is 53.5 Å². The highest BCUT2D eigenvalue weighted by molar-refractivity contribution is 9.10. The summed E-state index contributed by atoms with van der Waals surface area (Å²) in [6.45, 7) is 2.05. The van der Waals surface area contributed by atoms with Crippen molar-refractivity contribution in [1.29, 1.82) is 0 Å². The first-order chi connectivity index (χ1) is 9.68. The van der Waals surface area contributed by atoms with Crippen LogP contribution in [-0.4, -0.2) is 5.11 Å². The molecule has 0 spiro atoms. The lowest BCUT2D eigenvalue weighted by Crippen LogP contribution is -2.13. The van der Waals surface area contributed by atoms with E-state index in [0.717, 1.165) is 21.2 Å². The van der Waals surface area contributed by atoms with Crippen LogP contribution in [0.25, 0.3) is 0 Å². The lowest BCUT2D eigenvalue weighted by molar-refractivity contribution is 0.216. The first-order valence-electron chi connectivity index (χ1n) is 7.20. The van der Waals surface area contributed by atoms with E-state index in [1.54, 1.807) is 0 Å². The van der Waals surface area contributed by atoms with E-state index in [-0.39, 0.29) is 0 Å². The molecule has 0 aliphatic heterocycles. The van der Waals surface area contributed by atoms with E-state index in [0.29, 0.717) is 5.92 Å². The van der Waals surface area contributed by atoms with Gasteiger partial charge in [0.15, 0.2) is 0 Å². The highest BCUT2D eigenvalue weighted by atomic mass is 79.9. The second-order valence-electron chi connectivity index (χ2n) is 5.64. The van der Waals surface area contributed by atoms with Gasteiger partial charge in [0.1, 0.15) is 6.10 Å². The van der Waals surface area contributed by atoms with Crippen molar-refractivity contribution >= 4 is 15.9 Å². The molecule has 1 unspecified atom stereocenters. The average Bonchev–Trinajstić information content (AvgIpc) is 2.40. The van der Waals surface area contributed by atoms with Crippen LogP contribution in [0.3, 0.4) is 0 Å². The Morgan fingerprint density at radius 3 is 2.45 bits per heavy atom. The average molecular weight is 331 g/mol. The van der Waals surface area contributed by atoms with Gasteiger partial charge in [-0.2, -0.15) is 0 Å². The van der Waals surface area contributed by atoms with E-state index >= 15 is 0 Å². The lowest BCUT2D eigenvalue weighted by atomic mass is 9.77. The minimum Gasteiger partial charge on any atom is -0.384 e. The van der Waals surface area contributed by atoms with Gasteiger partial charge in [-0.15, -0.1) is 0 Å². The Kier molecular flexibility index (Phi) is 3.95. The minimum absolute atomic E-state index is 0.555. The fraction of sp³-hybridized carbons (Fsp3) is 0.333. The van der Waals surface area contributed by atoms with Gasteiger partial charge in [0.05, 0.1) is 0 Å². The minimum atomic E-state index is -0.555. The topological polar surface area (TPSA) is 20.2 Å². The number of aliphatic hydroxyl groups excluding tert-OH is 1. The van der Waals surface area contributed by atoms with Crippen molar-refractivity contribution in [2.24, 2.45) is 0 Å². The molecule has 0 saturated heterocycles. The largest absolute Gasteiger partial charge is 0.384 e. The molecule has 104 valence electrons. The van der Waals surface area contributed by atoms with E-state index in [9.17, 15) is 5.11 Å². The molecule has 1 saturated carbocycles. The third-order valence-electron chi connectivity index (χ3n) is 4.35. The van der Waals surface area contributed by atoms with Crippen molar-refractivity contribution in [3.63, 3.8) is 0 Å². The molecule has 1 fully saturated rings.